The zero-order valence-electron chi connectivity index (χ0n) is 22.0. The third kappa shape index (κ3) is 2.88. The lowest BCUT2D eigenvalue weighted by Crippen LogP contribution is -2.37. The average molecular weight is 491 g/mol. The number of aromatic nitrogens is 2. The lowest BCUT2D eigenvalue weighted by Gasteiger charge is -2.33. The maximum atomic E-state index is 6.55. The molecule has 2 aliphatic heterocycles. The van der Waals surface area contributed by atoms with Crippen molar-refractivity contribution >= 4 is 56.2 Å². The van der Waals surface area contributed by atoms with E-state index in [1.54, 1.807) is 0 Å². The maximum Gasteiger partial charge on any atom is 0.230 e. The Labute approximate surface area is 216 Å². The molecule has 0 bridgehead atoms. The monoisotopic (exact) mass is 490 g/mol. The molecule has 0 N–H and O–H groups in total. The highest BCUT2D eigenvalue weighted by molar-refractivity contribution is 6.12. The number of hydrogen-bond donors (Lipinski definition) is 0. The Morgan fingerprint density at radius 3 is 1.95 bits per heavy atom. The topological polar surface area (TPSA) is 51.9 Å². The Balaban J connectivity index is 1.57. The third-order valence-corrected chi connectivity index (χ3v) is 8.25. The van der Waals surface area contributed by atoms with Gasteiger partial charge in [-0.1, -0.05) is 24.3 Å². The lowest BCUT2D eigenvalue weighted by atomic mass is 10.0. The molecule has 0 saturated heterocycles. The van der Waals surface area contributed by atoms with Gasteiger partial charge in [0.05, 0.1) is 33.8 Å². The number of rotatable bonds is 2. The van der Waals surface area contributed by atoms with Crippen LogP contribution in [0.3, 0.4) is 0 Å². The van der Waals surface area contributed by atoms with E-state index in [9.17, 15) is 0 Å². The van der Waals surface area contributed by atoms with E-state index in [1.807, 2.05) is 13.1 Å². The summed E-state index contributed by atoms with van der Waals surface area (Å²) in [6, 6.07) is 19.5. The van der Waals surface area contributed by atoms with E-state index >= 15 is 0 Å². The van der Waals surface area contributed by atoms with Crippen LogP contribution in [0.4, 0.5) is 34.1 Å². The highest BCUT2D eigenvalue weighted by Gasteiger charge is 2.38. The number of anilines is 6. The first kappa shape index (κ1) is 22.0. The van der Waals surface area contributed by atoms with Crippen molar-refractivity contribution in [2.75, 3.05) is 33.7 Å². The number of para-hydroxylation sites is 4. The zero-order chi connectivity index (χ0) is 25.6. The first-order valence-electron chi connectivity index (χ1n) is 12.8. The molecule has 2 aliphatic rings. The molecule has 37 heavy (non-hydrogen) atoms. The summed E-state index contributed by atoms with van der Waals surface area (Å²) in [4.78, 5) is 18.7. The van der Waals surface area contributed by atoms with Gasteiger partial charge >= 0.3 is 0 Å². The van der Waals surface area contributed by atoms with E-state index in [4.69, 9.17) is 4.42 Å². The molecule has 2 aromatic heterocycles. The van der Waals surface area contributed by atoms with Gasteiger partial charge in [-0.3, -0.25) is 0 Å². The molecule has 0 unspecified atom stereocenters. The fourth-order valence-electron chi connectivity index (χ4n) is 6.10. The van der Waals surface area contributed by atoms with Gasteiger partial charge in [0.15, 0.2) is 5.58 Å². The van der Waals surface area contributed by atoms with E-state index < -0.39 is 0 Å². The van der Waals surface area contributed by atoms with Gasteiger partial charge in [0.2, 0.25) is 5.71 Å². The van der Waals surface area contributed by atoms with Crippen molar-refractivity contribution in [2.45, 2.75) is 40.0 Å². The summed E-state index contributed by atoms with van der Waals surface area (Å²) < 4.78 is 6.55. The molecule has 3 aromatic carbocycles. The van der Waals surface area contributed by atoms with Crippen LogP contribution in [0.15, 0.2) is 65.2 Å². The van der Waals surface area contributed by atoms with Crippen molar-refractivity contribution in [1.29, 1.82) is 0 Å². The zero-order valence-corrected chi connectivity index (χ0v) is 22.0. The molecule has 186 valence electrons. The van der Waals surface area contributed by atoms with Crippen molar-refractivity contribution in [1.82, 2.24) is 9.97 Å². The summed E-state index contributed by atoms with van der Waals surface area (Å²) in [5.41, 5.74) is 9.70. The van der Waals surface area contributed by atoms with Crippen molar-refractivity contribution in [3.05, 3.63) is 72.2 Å². The van der Waals surface area contributed by atoms with Gasteiger partial charge in [-0.2, -0.15) is 4.98 Å². The number of benzene rings is 3. The molecule has 7 rings (SSSR count). The predicted octanol–water partition coefficient (Wildman–Crippen LogP) is 6.86. The number of nitrogens with zero attached hydrogens (tertiary/aromatic N) is 6. The Hall–Kier alpha value is -4.26. The number of furan rings is 1. The van der Waals surface area contributed by atoms with Crippen molar-refractivity contribution < 1.29 is 4.42 Å². The number of aryl methyl sites for hydroxylation is 1. The summed E-state index contributed by atoms with van der Waals surface area (Å²) in [5.74, 6) is 0.702. The Bertz CT molecular complexity index is 1710. The molecule has 0 spiro atoms. The summed E-state index contributed by atoms with van der Waals surface area (Å²) in [6.07, 6.45) is 2.17. The average Bonchev–Trinajstić information content (AvgIpc) is 3.47. The molecule has 2 atom stereocenters. The minimum atomic E-state index is 0.113. The molecule has 0 fully saturated rings. The van der Waals surface area contributed by atoms with Crippen molar-refractivity contribution in [2.24, 2.45) is 0 Å². The molecule has 0 amide bonds. The highest BCUT2D eigenvalue weighted by Crippen LogP contribution is 2.52. The van der Waals surface area contributed by atoms with Crippen LogP contribution in [0.1, 0.15) is 25.2 Å². The Morgan fingerprint density at radius 1 is 0.730 bits per heavy atom. The fraction of sp³-hybridized carbons (Fsp3) is 0.267. The van der Waals surface area contributed by atoms with E-state index in [2.05, 4.69) is 119 Å². The van der Waals surface area contributed by atoms with Gasteiger partial charge in [0.1, 0.15) is 18.2 Å². The van der Waals surface area contributed by atoms with E-state index in [0.29, 0.717) is 11.5 Å². The standard InChI is InChI=1S/C30H30N6O/c1-17-27(35-19(3)33(5)23-11-7-9-13-25(23)35)15-21-22-16-31-18(2)32-30(22)37-29(21)28(17)36-20(4)34(6)24-12-8-10-14-26(24)36/h7-16,19-20H,1-6H3/t19-,20+/m1/s1. The largest absolute Gasteiger partial charge is 0.435 e. The molecule has 7 nitrogen and oxygen atoms in total. The van der Waals surface area contributed by atoms with Crippen LogP contribution in [-0.4, -0.2) is 36.4 Å². The smallest absolute Gasteiger partial charge is 0.230 e. The molecule has 5 aromatic rings. The van der Waals surface area contributed by atoms with E-state index in [1.165, 1.54) is 28.3 Å². The summed E-state index contributed by atoms with van der Waals surface area (Å²) in [5, 5.41) is 1.97. The fourth-order valence-corrected chi connectivity index (χ4v) is 6.10. The van der Waals surface area contributed by atoms with E-state index in [-0.39, 0.29) is 12.3 Å². The highest BCUT2D eigenvalue weighted by atomic mass is 16.3. The third-order valence-electron chi connectivity index (χ3n) is 8.25. The maximum absolute atomic E-state index is 6.55. The molecule has 7 heteroatoms. The molecule has 0 saturated carbocycles. The predicted molar refractivity (Wildman–Crippen MR) is 152 cm³/mol. The minimum Gasteiger partial charge on any atom is -0.435 e. The Kier molecular flexibility index (Phi) is 4.53. The summed E-state index contributed by atoms with van der Waals surface area (Å²) in [6.45, 7) is 8.61. The molecule has 0 radical (unpaired) electrons. The van der Waals surface area contributed by atoms with Crippen molar-refractivity contribution in [3.63, 3.8) is 0 Å². The van der Waals surface area contributed by atoms with Crippen LogP contribution in [0.25, 0.3) is 22.1 Å². The number of hydrogen-bond acceptors (Lipinski definition) is 7. The van der Waals surface area contributed by atoms with Gasteiger partial charge in [0.25, 0.3) is 0 Å². The van der Waals surface area contributed by atoms with Gasteiger partial charge in [-0.05, 0) is 58.0 Å². The first-order chi connectivity index (χ1) is 17.9. The Morgan fingerprint density at radius 2 is 1.30 bits per heavy atom. The van der Waals surface area contributed by atoms with Crippen molar-refractivity contribution in [3.8, 4) is 0 Å². The van der Waals surface area contributed by atoms with Gasteiger partial charge < -0.3 is 24.0 Å². The molecular formula is C30H30N6O. The first-order valence-corrected chi connectivity index (χ1v) is 12.8. The molecular weight excluding hydrogens is 460 g/mol. The SMILES string of the molecule is Cc1ncc2c(n1)oc1c(N3c4ccccc4N(C)[C@@H]3C)c(C)c(N3c4ccccc4N(C)[C@H]3C)cc12. The second kappa shape index (κ2) is 7.62. The van der Waals surface area contributed by atoms with Gasteiger partial charge in [-0.25, -0.2) is 4.98 Å². The van der Waals surface area contributed by atoms with Gasteiger partial charge in [0, 0.05) is 36.9 Å². The normalized spacial score (nSPS) is 18.9. The quantitative estimate of drug-likeness (QED) is 0.268. The van der Waals surface area contributed by atoms with Crippen LogP contribution in [0, 0.1) is 13.8 Å². The minimum absolute atomic E-state index is 0.113. The van der Waals surface area contributed by atoms with Crippen LogP contribution < -0.4 is 19.6 Å². The van der Waals surface area contributed by atoms with Gasteiger partial charge in [-0.15, -0.1) is 0 Å². The summed E-state index contributed by atoms with van der Waals surface area (Å²) in [7, 11) is 4.32. The van der Waals surface area contributed by atoms with Crippen LogP contribution in [0.2, 0.25) is 0 Å². The number of fused-ring (bicyclic) bond motifs is 5. The molecule has 4 heterocycles. The van der Waals surface area contributed by atoms with Crippen LogP contribution in [-0.2, 0) is 0 Å². The van der Waals surface area contributed by atoms with E-state index in [0.717, 1.165) is 27.7 Å². The second-order valence-electron chi connectivity index (χ2n) is 10.2. The van der Waals surface area contributed by atoms with Crippen LogP contribution in [0.5, 0.6) is 0 Å². The molecule has 0 aliphatic carbocycles. The summed E-state index contributed by atoms with van der Waals surface area (Å²) >= 11 is 0. The lowest BCUT2D eigenvalue weighted by molar-refractivity contribution is 0.645. The van der Waals surface area contributed by atoms with Crippen LogP contribution >= 0.6 is 0 Å². The second-order valence-corrected chi connectivity index (χ2v) is 10.2.